The molecule has 2 aromatic rings. The van der Waals surface area contributed by atoms with Gasteiger partial charge in [-0.05, 0) is 36.4 Å². The number of rotatable bonds is 4. The maximum Gasteiger partial charge on any atom is 0.321 e. The van der Waals surface area contributed by atoms with Gasteiger partial charge in [0.05, 0.1) is 24.6 Å². The number of hydrogen-bond donors (Lipinski definition) is 2. The zero-order chi connectivity index (χ0) is 18.6. The molecule has 2 aliphatic rings. The number of para-hydroxylation sites is 2. The number of benzene rings is 2. The first-order chi connectivity index (χ1) is 13.2. The van der Waals surface area contributed by atoms with Crippen molar-refractivity contribution in [2.75, 3.05) is 54.5 Å². The molecule has 0 aliphatic carbocycles. The lowest BCUT2D eigenvalue weighted by atomic mass is 10.1. The van der Waals surface area contributed by atoms with Crippen LogP contribution >= 0.6 is 0 Å². The average molecular weight is 366 g/mol. The maximum atomic E-state index is 12.7. The summed E-state index contributed by atoms with van der Waals surface area (Å²) in [4.78, 5) is 28.3. The third-order valence-electron chi connectivity index (χ3n) is 4.80. The van der Waals surface area contributed by atoms with Crippen molar-refractivity contribution in [2.45, 2.75) is 0 Å². The molecule has 0 spiro atoms. The molecule has 0 aromatic heterocycles. The standard InChI is InChI=1S/C20H22N4O3/c25-19(15-5-7-16(8-6-15)24-10-9-21-20(24)26)22-17-3-1-2-4-18(17)23-11-13-27-14-12-23/h1-8H,9-14H2,(H,21,26)(H,22,25). The van der Waals surface area contributed by atoms with Crippen molar-refractivity contribution in [3.8, 4) is 0 Å². The largest absolute Gasteiger partial charge is 0.378 e. The van der Waals surface area contributed by atoms with Gasteiger partial charge in [0.15, 0.2) is 0 Å². The molecular formula is C20H22N4O3. The van der Waals surface area contributed by atoms with Gasteiger partial charge in [-0.1, -0.05) is 12.1 Å². The Bertz CT molecular complexity index is 831. The summed E-state index contributed by atoms with van der Waals surface area (Å²) in [7, 11) is 0. The van der Waals surface area contributed by atoms with E-state index in [1.54, 1.807) is 29.2 Å². The van der Waals surface area contributed by atoms with Crippen molar-refractivity contribution in [2.24, 2.45) is 0 Å². The Morgan fingerprint density at radius 2 is 1.74 bits per heavy atom. The highest BCUT2D eigenvalue weighted by Crippen LogP contribution is 2.27. The van der Waals surface area contributed by atoms with Gasteiger partial charge in [-0.3, -0.25) is 9.69 Å². The van der Waals surface area contributed by atoms with E-state index < -0.39 is 0 Å². The zero-order valence-corrected chi connectivity index (χ0v) is 15.0. The minimum atomic E-state index is -0.173. The molecule has 2 aliphatic heterocycles. The molecule has 0 radical (unpaired) electrons. The van der Waals surface area contributed by atoms with Gasteiger partial charge in [0.2, 0.25) is 0 Å². The number of hydrogen-bond acceptors (Lipinski definition) is 4. The van der Waals surface area contributed by atoms with E-state index >= 15 is 0 Å². The molecule has 2 saturated heterocycles. The summed E-state index contributed by atoms with van der Waals surface area (Å²) in [6, 6.07) is 14.8. The van der Waals surface area contributed by atoms with Crippen LogP contribution in [-0.2, 0) is 4.74 Å². The van der Waals surface area contributed by atoms with Gasteiger partial charge in [-0.15, -0.1) is 0 Å². The van der Waals surface area contributed by atoms with Gasteiger partial charge in [0.25, 0.3) is 5.91 Å². The van der Waals surface area contributed by atoms with E-state index in [1.165, 1.54) is 0 Å². The van der Waals surface area contributed by atoms with Gasteiger partial charge in [-0.2, -0.15) is 0 Å². The second kappa shape index (κ2) is 7.67. The van der Waals surface area contributed by atoms with Crippen LogP contribution in [0.3, 0.4) is 0 Å². The molecule has 7 nitrogen and oxygen atoms in total. The minimum Gasteiger partial charge on any atom is -0.378 e. The van der Waals surface area contributed by atoms with Gasteiger partial charge in [0.1, 0.15) is 0 Å². The summed E-state index contributed by atoms with van der Waals surface area (Å²) < 4.78 is 5.41. The van der Waals surface area contributed by atoms with E-state index in [0.717, 1.165) is 30.2 Å². The summed E-state index contributed by atoms with van der Waals surface area (Å²) in [5.74, 6) is -0.173. The Kier molecular flexibility index (Phi) is 4.93. The first kappa shape index (κ1) is 17.4. The van der Waals surface area contributed by atoms with Crippen LogP contribution in [0.5, 0.6) is 0 Å². The van der Waals surface area contributed by atoms with E-state index in [-0.39, 0.29) is 11.9 Å². The normalized spacial score (nSPS) is 17.0. The smallest absolute Gasteiger partial charge is 0.321 e. The first-order valence-corrected chi connectivity index (χ1v) is 9.11. The highest BCUT2D eigenvalue weighted by molar-refractivity contribution is 6.06. The number of carbonyl (C=O) groups is 2. The number of amides is 3. The Labute approximate surface area is 157 Å². The number of morpholine rings is 1. The molecule has 0 unspecified atom stereocenters. The van der Waals surface area contributed by atoms with Gasteiger partial charge in [-0.25, -0.2) is 4.79 Å². The molecule has 2 heterocycles. The fourth-order valence-corrected chi connectivity index (χ4v) is 3.36. The number of ether oxygens (including phenoxy) is 1. The van der Waals surface area contributed by atoms with Crippen molar-refractivity contribution in [3.05, 3.63) is 54.1 Å². The molecule has 0 bridgehead atoms. The zero-order valence-electron chi connectivity index (χ0n) is 15.0. The molecule has 2 fully saturated rings. The van der Waals surface area contributed by atoms with Gasteiger partial charge < -0.3 is 20.3 Å². The molecule has 140 valence electrons. The van der Waals surface area contributed by atoms with Crippen molar-refractivity contribution < 1.29 is 14.3 Å². The molecule has 0 atom stereocenters. The van der Waals surface area contributed by atoms with Crippen molar-refractivity contribution in [1.29, 1.82) is 0 Å². The second-order valence-corrected chi connectivity index (χ2v) is 6.50. The summed E-state index contributed by atoms with van der Waals surface area (Å²) in [5, 5.41) is 5.78. The van der Waals surface area contributed by atoms with Crippen LogP contribution < -0.4 is 20.4 Å². The summed E-state index contributed by atoms with van der Waals surface area (Å²) in [6.45, 7) is 4.26. The first-order valence-electron chi connectivity index (χ1n) is 9.11. The molecule has 4 rings (SSSR count). The number of nitrogens with zero attached hydrogens (tertiary/aromatic N) is 2. The predicted octanol–water partition coefficient (Wildman–Crippen LogP) is 2.31. The Morgan fingerprint density at radius 1 is 1.00 bits per heavy atom. The van der Waals surface area contributed by atoms with Crippen LogP contribution in [0.15, 0.2) is 48.5 Å². The average Bonchev–Trinajstić information content (AvgIpc) is 3.15. The topological polar surface area (TPSA) is 73.9 Å². The van der Waals surface area contributed by atoms with E-state index in [9.17, 15) is 9.59 Å². The summed E-state index contributed by atoms with van der Waals surface area (Å²) >= 11 is 0. The van der Waals surface area contributed by atoms with E-state index in [4.69, 9.17) is 4.74 Å². The van der Waals surface area contributed by atoms with Crippen LogP contribution in [0.25, 0.3) is 0 Å². The molecular weight excluding hydrogens is 344 g/mol. The van der Waals surface area contributed by atoms with Crippen LogP contribution in [0, 0.1) is 0 Å². The van der Waals surface area contributed by atoms with Gasteiger partial charge >= 0.3 is 6.03 Å². The van der Waals surface area contributed by atoms with E-state index in [2.05, 4.69) is 15.5 Å². The third-order valence-corrected chi connectivity index (χ3v) is 4.80. The molecule has 27 heavy (non-hydrogen) atoms. The quantitative estimate of drug-likeness (QED) is 0.871. The number of nitrogens with one attached hydrogen (secondary N) is 2. The van der Waals surface area contributed by atoms with E-state index in [0.29, 0.717) is 31.9 Å². The number of anilines is 3. The monoisotopic (exact) mass is 366 g/mol. The van der Waals surface area contributed by atoms with Crippen molar-refractivity contribution in [1.82, 2.24) is 5.32 Å². The van der Waals surface area contributed by atoms with E-state index in [1.807, 2.05) is 24.3 Å². The molecule has 0 saturated carbocycles. The van der Waals surface area contributed by atoms with Crippen LogP contribution in [0.4, 0.5) is 21.9 Å². The second-order valence-electron chi connectivity index (χ2n) is 6.50. The molecule has 2 aromatic carbocycles. The van der Waals surface area contributed by atoms with Crippen LogP contribution in [-0.4, -0.2) is 51.3 Å². The Morgan fingerprint density at radius 3 is 2.44 bits per heavy atom. The maximum absolute atomic E-state index is 12.7. The van der Waals surface area contributed by atoms with Crippen molar-refractivity contribution >= 4 is 29.0 Å². The molecule has 7 heteroatoms. The predicted molar refractivity (Wildman–Crippen MR) is 105 cm³/mol. The highest BCUT2D eigenvalue weighted by Gasteiger charge is 2.21. The molecule has 3 amide bonds. The highest BCUT2D eigenvalue weighted by atomic mass is 16.5. The lowest BCUT2D eigenvalue weighted by Gasteiger charge is -2.30. The third kappa shape index (κ3) is 3.73. The number of carbonyl (C=O) groups excluding carboxylic acids is 2. The fourth-order valence-electron chi connectivity index (χ4n) is 3.36. The summed E-state index contributed by atoms with van der Waals surface area (Å²) in [5.41, 5.74) is 3.12. The fraction of sp³-hybridized carbons (Fsp3) is 0.300. The van der Waals surface area contributed by atoms with Crippen LogP contribution in [0.2, 0.25) is 0 Å². The molecule has 2 N–H and O–H groups in total. The Balaban J connectivity index is 1.48. The summed E-state index contributed by atoms with van der Waals surface area (Å²) in [6.07, 6.45) is 0. The van der Waals surface area contributed by atoms with Crippen LogP contribution in [0.1, 0.15) is 10.4 Å². The number of urea groups is 1. The van der Waals surface area contributed by atoms with Crippen molar-refractivity contribution in [3.63, 3.8) is 0 Å². The lowest BCUT2D eigenvalue weighted by molar-refractivity contribution is 0.102. The SMILES string of the molecule is O=C(Nc1ccccc1N1CCOCC1)c1ccc(N2CCNC2=O)cc1. The lowest BCUT2D eigenvalue weighted by Crippen LogP contribution is -2.36. The minimum absolute atomic E-state index is 0.105. The Hall–Kier alpha value is -3.06. The van der Waals surface area contributed by atoms with Gasteiger partial charge in [0, 0.05) is 37.4 Å².